The van der Waals surface area contributed by atoms with Gasteiger partial charge in [-0.05, 0) is 23.6 Å². The summed E-state index contributed by atoms with van der Waals surface area (Å²) < 4.78 is 13.7. The number of rotatable bonds is 3. The molecule has 0 aliphatic heterocycles. The van der Waals surface area contributed by atoms with Crippen LogP contribution in [0.2, 0.25) is 0 Å². The molecule has 1 unspecified atom stereocenters. The molecule has 5 heteroatoms. The Balaban J connectivity index is 2.89. The number of hydrogen-bond donors (Lipinski definition) is 1. The third-order valence-corrected chi connectivity index (χ3v) is 3.16. The Hall–Kier alpha value is -1.93. The normalized spacial score (nSPS) is 12.7. The van der Waals surface area contributed by atoms with E-state index in [2.05, 4.69) is 0 Å². The fourth-order valence-corrected chi connectivity index (χ4v) is 1.71. The van der Waals surface area contributed by atoms with E-state index < -0.39 is 11.9 Å². The maximum Gasteiger partial charge on any atom is 0.240 e. The van der Waals surface area contributed by atoms with E-state index in [1.165, 1.54) is 23.1 Å². The summed E-state index contributed by atoms with van der Waals surface area (Å²) >= 11 is 0. The van der Waals surface area contributed by atoms with Gasteiger partial charge >= 0.3 is 0 Å². The molecule has 0 spiro atoms. The number of likely N-dealkylation sites (N-methyl/N-ethyl adjacent to an activating group) is 1. The minimum Gasteiger partial charge on any atom is -0.340 e. The Morgan fingerprint density at radius 1 is 1.50 bits per heavy atom. The van der Waals surface area contributed by atoms with Crippen LogP contribution < -0.4 is 5.73 Å². The molecule has 2 N–H and O–H groups in total. The SMILES string of the molecule is CN(Cc1cc(C#N)ccc1F)C(=O)C(N)C(C)(C)C. The third kappa shape index (κ3) is 3.78. The number of nitriles is 1. The predicted octanol–water partition coefficient (Wildman–Crippen LogP) is 2.03. The average Bonchev–Trinajstić information content (AvgIpc) is 2.38. The minimum atomic E-state index is -0.658. The van der Waals surface area contributed by atoms with Crippen LogP contribution in [0.4, 0.5) is 4.39 Å². The first-order valence-electron chi connectivity index (χ1n) is 6.36. The van der Waals surface area contributed by atoms with Crippen molar-refractivity contribution in [3.63, 3.8) is 0 Å². The highest BCUT2D eigenvalue weighted by Gasteiger charge is 2.29. The number of nitrogens with two attached hydrogens (primary N) is 1. The molecule has 0 fully saturated rings. The summed E-state index contributed by atoms with van der Waals surface area (Å²) in [6, 6.07) is 5.37. The number of carbonyl (C=O) groups excluding carboxylic acids is 1. The van der Waals surface area contributed by atoms with Gasteiger partial charge in [0.25, 0.3) is 0 Å². The highest BCUT2D eigenvalue weighted by atomic mass is 19.1. The lowest BCUT2D eigenvalue weighted by molar-refractivity contribution is -0.134. The Morgan fingerprint density at radius 2 is 2.10 bits per heavy atom. The lowest BCUT2D eigenvalue weighted by Crippen LogP contribution is -2.49. The summed E-state index contributed by atoms with van der Waals surface area (Å²) in [7, 11) is 1.58. The zero-order valence-electron chi connectivity index (χ0n) is 12.3. The number of hydrogen-bond acceptors (Lipinski definition) is 3. The molecule has 0 radical (unpaired) electrons. The van der Waals surface area contributed by atoms with E-state index in [-0.39, 0.29) is 17.9 Å². The lowest BCUT2D eigenvalue weighted by atomic mass is 9.86. The maximum absolute atomic E-state index is 13.7. The molecule has 1 amide bonds. The van der Waals surface area contributed by atoms with Gasteiger partial charge in [0.1, 0.15) is 5.82 Å². The van der Waals surface area contributed by atoms with Crippen LogP contribution in [0.25, 0.3) is 0 Å². The van der Waals surface area contributed by atoms with Gasteiger partial charge in [0, 0.05) is 19.2 Å². The molecule has 0 aliphatic rings. The first-order valence-corrected chi connectivity index (χ1v) is 6.36. The summed E-state index contributed by atoms with van der Waals surface area (Å²) in [4.78, 5) is 13.6. The zero-order chi connectivity index (χ0) is 15.5. The van der Waals surface area contributed by atoms with E-state index in [0.717, 1.165) is 0 Å². The van der Waals surface area contributed by atoms with Crippen LogP contribution in [-0.2, 0) is 11.3 Å². The fraction of sp³-hybridized carbons (Fsp3) is 0.467. The Kier molecular flexibility index (Phi) is 4.85. The number of amides is 1. The van der Waals surface area contributed by atoms with E-state index in [0.29, 0.717) is 11.1 Å². The minimum absolute atomic E-state index is 0.0873. The van der Waals surface area contributed by atoms with Crippen LogP contribution in [0, 0.1) is 22.6 Å². The van der Waals surface area contributed by atoms with E-state index >= 15 is 0 Å². The summed E-state index contributed by atoms with van der Waals surface area (Å²) in [6.07, 6.45) is 0. The summed E-state index contributed by atoms with van der Waals surface area (Å²) in [5.41, 5.74) is 6.21. The molecule has 108 valence electrons. The van der Waals surface area contributed by atoms with Gasteiger partial charge in [0.05, 0.1) is 17.7 Å². The summed E-state index contributed by atoms with van der Waals surface area (Å²) in [6.45, 7) is 5.71. The van der Waals surface area contributed by atoms with Gasteiger partial charge in [-0.25, -0.2) is 4.39 Å². The average molecular weight is 277 g/mol. The van der Waals surface area contributed by atoms with Crippen molar-refractivity contribution in [2.45, 2.75) is 33.4 Å². The van der Waals surface area contributed by atoms with Gasteiger partial charge < -0.3 is 10.6 Å². The molecule has 0 aromatic heterocycles. The van der Waals surface area contributed by atoms with Crippen LogP contribution in [0.15, 0.2) is 18.2 Å². The molecule has 1 aromatic rings. The molecule has 1 rings (SSSR count). The van der Waals surface area contributed by atoms with Crippen molar-refractivity contribution in [1.29, 1.82) is 5.26 Å². The molecule has 1 atom stereocenters. The van der Waals surface area contributed by atoms with Crippen LogP contribution in [0.5, 0.6) is 0 Å². The van der Waals surface area contributed by atoms with Gasteiger partial charge in [0.2, 0.25) is 5.91 Å². The van der Waals surface area contributed by atoms with Crippen LogP contribution in [0.1, 0.15) is 31.9 Å². The molecule has 0 heterocycles. The number of nitrogens with zero attached hydrogens (tertiary/aromatic N) is 2. The molecule has 1 aromatic carbocycles. The maximum atomic E-state index is 13.7. The van der Waals surface area contributed by atoms with Gasteiger partial charge in [-0.3, -0.25) is 4.79 Å². The topological polar surface area (TPSA) is 70.1 Å². The monoisotopic (exact) mass is 277 g/mol. The van der Waals surface area contributed by atoms with Gasteiger partial charge in [-0.2, -0.15) is 5.26 Å². The van der Waals surface area contributed by atoms with Gasteiger partial charge in [-0.1, -0.05) is 20.8 Å². The second-order valence-corrected chi connectivity index (χ2v) is 5.96. The van der Waals surface area contributed by atoms with E-state index in [1.54, 1.807) is 7.05 Å². The zero-order valence-corrected chi connectivity index (χ0v) is 12.3. The van der Waals surface area contributed by atoms with Gasteiger partial charge in [0.15, 0.2) is 0 Å². The molecular formula is C15H20FN3O. The van der Waals surface area contributed by atoms with Gasteiger partial charge in [-0.15, -0.1) is 0 Å². The fourth-order valence-electron chi connectivity index (χ4n) is 1.71. The van der Waals surface area contributed by atoms with Crippen molar-refractivity contribution in [2.24, 2.45) is 11.1 Å². The first-order chi connectivity index (χ1) is 9.16. The Morgan fingerprint density at radius 3 is 2.60 bits per heavy atom. The van der Waals surface area contributed by atoms with Crippen LogP contribution >= 0.6 is 0 Å². The first kappa shape index (κ1) is 16.1. The Labute approximate surface area is 119 Å². The van der Waals surface area contributed by atoms with Crippen molar-refractivity contribution in [3.05, 3.63) is 35.1 Å². The van der Waals surface area contributed by atoms with Crippen molar-refractivity contribution in [2.75, 3.05) is 7.05 Å². The summed E-state index contributed by atoms with van der Waals surface area (Å²) in [5, 5.41) is 8.82. The van der Waals surface area contributed by atoms with Crippen molar-refractivity contribution in [3.8, 4) is 6.07 Å². The molecule has 0 bridgehead atoms. The van der Waals surface area contributed by atoms with Crippen LogP contribution in [0.3, 0.4) is 0 Å². The molecule has 0 saturated carbocycles. The summed E-state index contributed by atoms with van der Waals surface area (Å²) in [5.74, 6) is -0.688. The number of benzene rings is 1. The highest BCUT2D eigenvalue weighted by Crippen LogP contribution is 2.20. The smallest absolute Gasteiger partial charge is 0.240 e. The molecular weight excluding hydrogens is 257 g/mol. The second kappa shape index (κ2) is 6.02. The molecule has 0 aliphatic carbocycles. The number of carbonyl (C=O) groups is 1. The number of halogens is 1. The van der Waals surface area contributed by atoms with E-state index in [1.807, 2.05) is 26.8 Å². The molecule has 0 saturated heterocycles. The predicted molar refractivity (Wildman–Crippen MR) is 75.0 cm³/mol. The second-order valence-electron chi connectivity index (χ2n) is 5.96. The largest absolute Gasteiger partial charge is 0.340 e. The standard InChI is InChI=1S/C15H20FN3O/c1-15(2,3)13(18)14(20)19(4)9-11-7-10(8-17)5-6-12(11)16/h5-7,13H,9,18H2,1-4H3. The van der Waals surface area contributed by atoms with Crippen molar-refractivity contribution >= 4 is 5.91 Å². The van der Waals surface area contributed by atoms with Crippen LogP contribution in [-0.4, -0.2) is 23.9 Å². The molecule has 20 heavy (non-hydrogen) atoms. The van der Waals surface area contributed by atoms with Crippen molar-refractivity contribution < 1.29 is 9.18 Å². The lowest BCUT2D eigenvalue weighted by Gasteiger charge is -2.30. The quantitative estimate of drug-likeness (QED) is 0.919. The highest BCUT2D eigenvalue weighted by molar-refractivity contribution is 5.82. The molecule has 4 nitrogen and oxygen atoms in total. The van der Waals surface area contributed by atoms with E-state index in [4.69, 9.17) is 11.0 Å². The third-order valence-electron chi connectivity index (χ3n) is 3.16. The Bertz CT molecular complexity index is 543. The van der Waals surface area contributed by atoms with E-state index in [9.17, 15) is 9.18 Å². The van der Waals surface area contributed by atoms with Crippen molar-refractivity contribution in [1.82, 2.24) is 4.90 Å².